The smallest absolute Gasteiger partial charge is 0.340 e. The highest BCUT2D eigenvalue weighted by molar-refractivity contribution is 6.30. The van der Waals surface area contributed by atoms with Crippen molar-refractivity contribution in [2.45, 2.75) is 6.42 Å². The molecule has 1 heterocycles. The maximum Gasteiger partial charge on any atom is 0.340 e. The van der Waals surface area contributed by atoms with Crippen molar-refractivity contribution in [1.82, 2.24) is 0 Å². The van der Waals surface area contributed by atoms with Crippen molar-refractivity contribution in [3.63, 3.8) is 0 Å². The second kappa shape index (κ2) is 7.39. The number of anilines is 1. The molecule has 0 spiro atoms. The first-order valence-electron chi connectivity index (χ1n) is 11.1. The predicted octanol–water partition coefficient (Wildman–Crippen LogP) is 3.94. The number of Topliss-reactive ketones (excluding diaryl/α,β-unsaturated/α-hetero) is 1. The number of hydrogen-bond donors (Lipinski definition) is 0. The molecule has 0 aromatic heterocycles. The van der Waals surface area contributed by atoms with Gasteiger partial charge in [-0.15, -0.1) is 0 Å². The quantitative estimate of drug-likeness (QED) is 0.291. The monoisotopic (exact) mass is 461 g/mol. The summed E-state index contributed by atoms with van der Waals surface area (Å²) in [5.41, 5.74) is 0.683. The molecule has 2 saturated carbocycles. The number of allylic oxidation sites excluding steroid dienone is 2. The molecule has 1 aliphatic heterocycles. The lowest BCUT2D eigenvalue weighted by Crippen LogP contribution is -2.40. The molecule has 33 heavy (non-hydrogen) atoms. The molecular weight excluding hydrogens is 442 g/mol. The minimum atomic E-state index is -0.757. The normalized spacial score (nSPS) is 30.8. The second-order valence-corrected chi connectivity index (χ2v) is 9.63. The lowest BCUT2D eigenvalue weighted by atomic mass is 9.63. The summed E-state index contributed by atoms with van der Waals surface area (Å²) in [4.78, 5) is 53.3. The van der Waals surface area contributed by atoms with Crippen LogP contribution in [0, 0.1) is 35.5 Å². The number of ether oxygens (including phenoxy) is 1. The Balaban J connectivity index is 1.24. The largest absolute Gasteiger partial charge is 0.454 e. The van der Waals surface area contributed by atoms with Gasteiger partial charge in [-0.05, 0) is 66.5 Å². The molecule has 7 rings (SSSR count). The molecule has 0 N–H and O–H groups in total. The molecule has 4 aliphatic carbocycles. The number of para-hydroxylation sites is 1. The van der Waals surface area contributed by atoms with E-state index in [1.54, 1.807) is 42.5 Å². The van der Waals surface area contributed by atoms with E-state index in [-0.39, 0.29) is 52.5 Å². The van der Waals surface area contributed by atoms with Gasteiger partial charge in [0.05, 0.1) is 23.1 Å². The SMILES string of the molecule is O=C(COC(=O)c1ccccc1N1C(=O)[C@H]2[C@@H]3C=C[C@@H]([C@H]4C[C@H]34)[C@@H]2C1=O)c1ccc(Cl)cc1. The summed E-state index contributed by atoms with van der Waals surface area (Å²) in [7, 11) is 0. The fourth-order valence-electron chi connectivity index (χ4n) is 5.96. The number of amides is 2. The highest BCUT2D eigenvalue weighted by Crippen LogP contribution is 2.65. The van der Waals surface area contributed by atoms with E-state index < -0.39 is 12.6 Å². The summed E-state index contributed by atoms with van der Waals surface area (Å²) in [6.45, 7) is -0.459. The van der Waals surface area contributed by atoms with Crippen molar-refractivity contribution in [3.8, 4) is 0 Å². The van der Waals surface area contributed by atoms with Crippen molar-refractivity contribution >= 4 is 40.9 Å². The fourth-order valence-corrected chi connectivity index (χ4v) is 6.09. The molecule has 7 heteroatoms. The van der Waals surface area contributed by atoms with Crippen LogP contribution in [0.1, 0.15) is 27.1 Å². The Kier molecular flexibility index (Phi) is 4.56. The minimum Gasteiger partial charge on any atom is -0.454 e. The van der Waals surface area contributed by atoms with Gasteiger partial charge in [0.15, 0.2) is 12.4 Å². The Morgan fingerprint density at radius 3 is 2.15 bits per heavy atom. The predicted molar refractivity (Wildman–Crippen MR) is 120 cm³/mol. The van der Waals surface area contributed by atoms with E-state index in [4.69, 9.17) is 16.3 Å². The standard InChI is InChI=1S/C26H20ClNO5/c27-14-7-5-13(6-8-14)21(29)12-33-26(32)17-3-1-2-4-20(17)28-24(30)22-15-9-10-16(19-11-18(15)19)23(22)25(28)31/h1-10,15-16,18-19,22-23H,11-12H2/t15-,16+,18-,19-,22+,23+/m1/s1. The van der Waals surface area contributed by atoms with Gasteiger partial charge >= 0.3 is 5.97 Å². The van der Waals surface area contributed by atoms with Gasteiger partial charge < -0.3 is 4.74 Å². The van der Waals surface area contributed by atoms with Gasteiger partial charge in [-0.3, -0.25) is 14.4 Å². The van der Waals surface area contributed by atoms with E-state index in [2.05, 4.69) is 12.2 Å². The highest BCUT2D eigenvalue weighted by atomic mass is 35.5. The van der Waals surface area contributed by atoms with Gasteiger partial charge in [0.1, 0.15) is 0 Å². The van der Waals surface area contributed by atoms with Crippen molar-refractivity contribution < 1.29 is 23.9 Å². The zero-order valence-corrected chi connectivity index (χ0v) is 18.3. The summed E-state index contributed by atoms with van der Waals surface area (Å²) in [5, 5.41) is 0.499. The zero-order chi connectivity index (χ0) is 22.9. The van der Waals surface area contributed by atoms with E-state index in [1.165, 1.54) is 11.0 Å². The van der Waals surface area contributed by atoms with Crippen LogP contribution in [0.15, 0.2) is 60.7 Å². The molecule has 2 bridgehead atoms. The van der Waals surface area contributed by atoms with Gasteiger partial charge in [-0.1, -0.05) is 35.9 Å². The second-order valence-electron chi connectivity index (χ2n) is 9.19. The fraction of sp³-hybridized carbons (Fsp3) is 0.308. The Labute approximate surface area is 195 Å². The molecule has 2 aromatic rings. The summed E-state index contributed by atoms with van der Waals surface area (Å²) in [5.74, 6) is -1.14. The van der Waals surface area contributed by atoms with Crippen LogP contribution >= 0.6 is 11.6 Å². The molecule has 166 valence electrons. The molecule has 2 aromatic carbocycles. The molecular formula is C26H20ClNO5. The first-order chi connectivity index (χ1) is 16.0. The third kappa shape index (κ3) is 3.08. The number of nitrogens with zero attached hydrogens (tertiary/aromatic N) is 1. The summed E-state index contributed by atoms with van der Waals surface area (Å²) >= 11 is 5.84. The van der Waals surface area contributed by atoms with Crippen molar-refractivity contribution in [2.75, 3.05) is 11.5 Å². The van der Waals surface area contributed by atoms with E-state index >= 15 is 0 Å². The average molecular weight is 462 g/mol. The third-order valence-corrected chi connectivity index (χ3v) is 7.78. The van der Waals surface area contributed by atoms with E-state index in [0.29, 0.717) is 22.4 Å². The lowest BCUT2D eigenvalue weighted by molar-refractivity contribution is -0.124. The van der Waals surface area contributed by atoms with Crippen molar-refractivity contribution in [2.24, 2.45) is 35.5 Å². The number of carbonyl (C=O) groups excluding carboxylic acids is 4. The topological polar surface area (TPSA) is 80.8 Å². The first-order valence-corrected chi connectivity index (χ1v) is 11.4. The summed E-state index contributed by atoms with van der Waals surface area (Å²) in [6.07, 6.45) is 5.30. The molecule has 1 saturated heterocycles. The Morgan fingerprint density at radius 2 is 1.52 bits per heavy atom. The van der Waals surface area contributed by atoms with Gasteiger partial charge in [-0.25, -0.2) is 9.69 Å². The van der Waals surface area contributed by atoms with Crippen LogP contribution in [0.2, 0.25) is 5.02 Å². The number of benzene rings is 2. The van der Waals surface area contributed by atoms with Crippen LogP contribution in [0.3, 0.4) is 0 Å². The average Bonchev–Trinajstić information content (AvgIpc) is 3.61. The number of imide groups is 1. The number of ketones is 1. The number of esters is 1. The van der Waals surface area contributed by atoms with Gasteiger partial charge in [0.2, 0.25) is 11.8 Å². The minimum absolute atomic E-state index is 0.0900. The maximum absolute atomic E-state index is 13.4. The highest BCUT2D eigenvalue weighted by Gasteiger charge is 2.67. The molecule has 0 unspecified atom stereocenters. The van der Waals surface area contributed by atoms with E-state index in [0.717, 1.165) is 6.42 Å². The molecule has 6 nitrogen and oxygen atoms in total. The number of hydrogen-bond acceptors (Lipinski definition) is 5. The van der Waals surface area contributed by atoms with Crippen LogP contribution in [-0.2, 0) is 14.3 Å². The number of carbonyl (C=O) groups is 4. The van der Waals surface area contributed by atoms with Crippen molar-refractivity contribution in [1.29, 1.82) is 0 Å². The molecule has 3 fully saturated rings. The third-order valence-electron chi connectivity index (χ3n) is 7.53. The lowest BCUT2D eigenvalue weighted by Gasteiger charge is -2.37. The van der Waals surface area contributed by atoms with Gasteiger partial charge in [-0.2, -0.15) is 0 Å². The van der Waals surface area contributed by atoms with Gasteiger partial charge in [0, 0.05) is 10.6 Å². The van der Waals surface area contributed by atoms with E-state index in [9.17, 15) is 19.2 Å². The Hall–Kier alpha value is -3.25. The molecule has 5 aliphatic rings. The first kappa shape index (κ1) is 20.4. The van der Waals surface area contributed by atoms with Crippen LogP contribution in [0.25, 0.3) is 0 Å². The van der Waals surface area contributed by atoms with Crippen LogP contribution in [0.5, 0.6) is 0 Å². The molecule has 2 amide bonds. The van der Waals surface area contributed by atoms with E-state index in [1.807, 2.05) is 0 Å². The zero-order valence-electron chi connectivity index (χ0n) is 17.5. The molecule has 6 atom stereocenters. The van der Waals surface area contributed by atoms with Gasteiger partial charge in [0.25, 0.3) is 0 Å². The van der Waals surface area contributed by atoms with Crippen LogP contribution in [0.4, 0.5) is 5.69 Å². The van der Waals surface area contributed by atoms with Crippen LogP contribution < -0.4 is 4.90 Å². The number of rotatable bonds is 5. The summed E-state index contributed by atoms with van der Waals surface area (Å²) < 4.78 is 5.26. The van der Waals surface area contributed by atoms with Crippen molar-refractivity contribution in [3.05, 3.63) is 76.8 Å². The Bertz CT molecular complexity index is 1200. The Morgan fingerprint density at radius 1 is 0.909 bits per heavy atom. The van der Waals surface area contributed by atoms with Crippen LogP contribution in [-0.4, -0.2) is 30.2 Å². The number of halogens is 1. The molecule has 0 radical (unpaired) electrons. The maximum atomic E-state index is 13.4. The summed E-state index contributed by atoms with van der Waals surface area (Å²) in [6, 6.07) is 12.7.